The molecule has 0 fully saturated rings. The van der Waals surface area contributed by atoms with E-state index < -0.39 is 4.92 Å². The van der Waals surface area contributed by atoms with E-state index in [4.69, 9.17) is 5.73 Å². The van der Waals surface area contributed by atoms with Gasteiger partial charge < -0.3 is 20.3 Å². The first kappa shape index (κ1) is 14.9. The van der Waals surface area contributed by atoms with Crippen LogP contribution in [0.25, 0.3) is 0 Å². The smallest absolute Gasteiger partial charge is 0.333 e. The zero-order chi connectivity index (χ0) is 14.3. The normalized spacial score (nSPS) is 12.2. The molecule has 0 unspecified atom stereocenters. The Kier molecular flexibility index (Phi) is 5.74. The lowest BCUT2D eigenvalue weighted by Gasteiger charge is -2.14. The zero-order valence-electron chi connectivity index (χ0n) is 11.2. The van der Waals surface area contributed by atoms with Gasteiger partial charge in [-0.3, -0.25) is 10.7 Å². The lowest BCUT2D eigenvalue weighted by Crippen LogP contribution is -2.30. The Hall–Kier alpha value is -2.15. The van der Waals surface area contributed by atoms with Crippen molar-refractivity contribution in [3.63, 3.8) is 0 Å². The summed E-state index contributed by atoms with van der Waals surface area (Å²) in [4.78, 5) is 16.2. The van der Waals surface area contributed by atoms with Crippen molar-refractivity contribution < 1.29 is 4.92 Å². The molecular weight excluding hydrogens is 246 g/mol. The minimum absolute atomic E-state index is 0.345. The van der Waals surface area contributed by atoms with Crippen molar-refractivity contribution >= 4 is 0 Å². The van der Waals surface area contributed by atoms with Crippen LogP contribution in [0.3, 0.4) is 0 Å². The van der Waals surface area contributed by atoms with Crippen molar-refractivity contribution in [2.45, 2.75) is 6.42 Å². The number of pyridine rings is 1. The number of rotatable bonds is 7. The molecule has 0 atom stereocenters. The first-order chi connectivity index (χ1) is 9.00. The first-order valence-corrected chi connectivity index (χ1v) is 5.91. The number of hydrogen-bond acceptors (Lipinski definition) is 6. The summed E-state index contributed by atoms with van der Waals surface area (Å²) < 4.78 is 0. The van der Waals surface area contributed by atoms with Crippen molar-refractivity contribution in [2.75, 3.05) is 27.2 Å². The second-order valence-corrected chi connectivity index (χ2v) is 4.39. The van der Waals surface area contributed by atoms with Crippen molar-refractivity contribution in [1.82, 2.24) is 15.2 Å². The van der Waals surface area contributed by atoms with E-state index in [1.54, 1.807) is 18.5 Å². The Labute approximate surface area is 112 Å². The number of nitrogens with one attached hydrogen (secondary N) is 1. The number of aromatic nitrogens is 1. The van der Waals surface area contributed by atoms with Crippen LogP contribution in [0.4, 0.5) is 0 Å². The van der Waals surface area contributed by atoms with Crippen LogP contribution in [0.2, 0.25) is 0 Å². The molecule has 1 rings (SSSR count). The van der Waals surface area contributed by atoms with Gasteiger partial charge in [0.15, 0.2) is 0 Å². The maximum absolute atomic E-state index is 10.8. The molecule has 0 amide bonds. The molecule has 7 nitrogen and oxygen atoms in total. The molecule has 0 aliphatic heterocycles. The minimum Gasteiger partial charge on any atom is -0.380 e. The quantitative estimate of drug-likeness (QED) is 0.539. The Morgan fingerprint density at radius 3 is 2.84 bits per heavy atom. The topological polar surface area (TPSA) is 97.3 Å². The van der Waals surface area contributed by atoms with E-state index >= 15 is 0 Å². The fourth-order valence-corrected chi connectivity index (χ4v) is 1.49. The van der Waals surface area contributed by atoms with Gasteiger partial charge in [-0.1, -0.05) is 6.07 Å². The maximum atomic E-state index is 10.8. The molecule has 0 bridgehead atoms. The highest BCUT2D eigenvalue weighted by atomic mass is 16.6. The Morgan fingerprint density at radius 1 is 1.58 bits per heavy atom. The third-order valence-corrected chi connectivity index (χ3v) is 2.51. The van der Waals surface area contributed by atoms with Gasteiger partial charge in [-0.05, 0) is 30.6 Å². The molecule has 0 saturated heterocycles. The van der Waals surface area contributed by atoms with E-state index in [2.05, 4.69) is 10.3 Å². The van der Waals surface area contributed by atoms with Crippen LogP contribution in [0.1, 0.15) is 5.56 Å². The molecule has 0 aromatic carbocycles. The number of likely N-dealkylation sites (N-methyl/N-ethyl adjacent to an activating group) is 1. The van der Waals surface area contributed by atoms with Crippen LogP contribution >= 0.6 is 0 Å². The van der Waals surface area contributed by atoms with Crippen molar-refractivity contribution in [2.24, 2.45) is 5.73 Å². The number of hydrogen-bond donors (Lipinski definition) is 2. The van der Waals surface area contributed by atoms with Gasteiger partial charge in [0.2, 0.25) is 0 Å². The summed E-state index contributed by atoms with van der Waals surface area (Å²) in [6, 6.07) is 3.64. The second-order valence-electron chi connectivity index (χ2n) is 4.39. The molecular formula is C12H19N5O2. The standard InChI is InChI=1S/C12H19N5O2/c1-16(2)7-6-15-11(12(13)17(18)19)8-10-4-3-5-14-9-10/h3-5,9,15H,6-8,13H2,1-2H3. The molecule has 1 aromatic heterocycles. The predicted octanol–water partition coefficient (Wildman–Crippen LogP) is 0.180. The lowest BCUT2D eigenvalue weighted by molar-refractivity contribution is -0.428. The van der Waals surface area contributed by atoms with Gasteiger partial charge >= 0.3 is 5.82 Å². The summed E-state index contributed by atoms with van der Waals surface area (Å²) >= 11 is 0. The van der Waals surface area contributed by atoms with Gasteiger partial charge in [0.25, 0.3) is 0 Å². The maximum Gasteiger partial charge on any atom is 0.333 e. The van der Waals surface area contributed by atoms with Gasteiger partial charge in [0.05, 0.1) is 0 Å². The molecule has 3 N–H and O–H groups in total. The minimum atomic E-state index is -0.575. The highest BCUT2D eigenvalue weighted by Crippen LogP contribution is 2.06. The summed E-state index contributed by atoms with van der Waals surface area (Å²) in [5.41, 5.74) is 6.80. The van der Waals surface area contributed by atoms with E-state index in [1.165, 1.54) is 0 Å². The van der Waals surface area contributed by atoms with Crippen LogP contribution in [0.5, 0.6) is 0 Å². The molecule has 1 aromatic rings. The van der Waals surface area contributed by atoms with E-state index in [-0.39, 0.29) is 5.82 Å². The number of nitrogens with two attached hydrogens (primary N) is 1. The van der Waals surface area contributed by atoms with Crippen LogP contribution in [0, 0.1) is 10.1 Å². The van der Waals surface area contributed by atoms with E-state index in [9.17, 15) is 10.1 Å². The van der Waals surface area contributed by atoms with Gasteiger partial charge in [0, 0.05) is 31.9 Å². The van der Waals surface area contributed by atoms with Crippen LogP contribution in [-0.2, 0) is 6.42 Å². The average molecular weight is 265 g/mol. The third-order valence-electron chi connectivity index (χ3n) is 2.51. The molecule has 0 saturated carbocycles. The second kappa shape index (κ2) is 7.32. The van der Waals surface area contributed by atoms with Gasteiger partial charge in [-0.2, -0.15) is 0 Å². The third kappa shape index (κ3) is 5.35. The molecule has 0 spiro atoms. The van der Waals surface area contributed by atoms with Gasteiger partial charge in [-0.15, -0.1) is 0 Å². The molecule has 1 heterocycles. The summed E-state index contributed by atoms with van der Waals surface area (Å²) in [6.07, 6.45) is 3.69. The average Bonchev–Trinajstić information content (AvgIpc) is 2.37. The molecule has 19 heavy (non-hydrogen) atoms. The lowest BCUT2D eigenvalue weighted by atomic mass is 10.1. The summed E-state index contributed by atoms with van der Waals surface area (Å²) in [7, 11) is 3.87. The number of nitrogens with zero attached hydrogens (tertiary/aromatic N) is 3. The van der Waals surface area contributed by atoms with E-state index in [0.29, 0.717) is 18.7 Å². The number of nitro groups is 1. The molecule has 0 aliphatic carbocycles. The molecule has 7 heteroatoms. The highest BCUT2D eigenvalue weighted by molar-refractivity contribution is 5.18. The first-order valence-electron chi connectivity index (χ1n) is 5.91. The SMILES string of the molecule is CN(C)CCNC(Cc1cccnc1)=C(N)[N+](=O)[O-]. The largest absolute Gasteiger partial charge is 0.380 e. The monoisotopic (exact) mass is 265 g/mol. The number of allylic oxidation sites excluding steroid dienone is 1. The van der Waals surface area contributed by atoms with Crippen LogP contribution < -0.4 is 11.1 Å². The molecule has 0 aliphatic rings. The highest BCUT2D eigenvalue weighted by Gasteiger charge is 2.12. The van der Waals surface area contributed by atoms with E-state index in [1.807, 2.05) is 25.1 Å². The van der Waals surface area contributed by atoms with Crippen LogP contribution in [-0.4, -0.2) is 42.0 Å². The summed E-state index contributed by atoms with van der Waals surface area (Å²) in [6.45, 7) is 1.36. The van der Waals surface area contributed by atoms with Crippen molar-refractivity contribution in [3.8, 4) is 0 Å². The Bertz CT molecular complexity index is 445. The Morgan fingerprint density at radius 2 is 2.32 bits per heavy atom. The van der Waals surface area contributed by atoms with Crippen LogP contribution in [0.15, 0.2) is 36.0 Å². The van der Waals surface area contributed by atoms with Gasteiger partial charge in [0.1, 0.15) is 5.70 Å². The van der Waals surface area contributed by atoms with Gasteiger partial charge in [-0.25, -0.2) is 0 Å². The summed E-state index contributed by atoms with van der Waals surface area (Å²) in [5.74, 6) is -0.345. The molecule has 0 radical (unpaired) electrons. The molecule has 104 valence electrons. The summed E-state index contributed by atoms with van der Waals surface area (Å²) in [5, 5.41) is 13.8. The fourth-order valence-electron chi connectivity index (χ4n) is 1.49. The van der Waals surface area contributed by atoms with Crippen molar-refractivity contribution in [1.29, 1.82) is 0 Å². The fraction of sp³-hybridized carbons (Fsp3) is 0.417. The van der Waals surface area contributed by atoms with E-state index in [0.717, 1.165) is 12.1 Å². The predicted molar refractivity (Wildman–Crippen MR) is 72.7 cm³/mol. The Balaban J connectivity index is 2.76. The zero-order valence-corrected chi connectivity index (χ0v) is 11.2. The van der Waals surface area contributed by atoms with Crippen molar-refractivity contribution in [3.05, 3.63) is 51.7 Å².